The van der Waals surface area contributed by atoms with Crippen LogP contribution in [0.5, 0.6) is 0 Å². The molecular formula is C8H8BrN3OS. The summed E-state index contributed by atoms with van der Waals surface area (Å²) in [6.07, 6.45) is 6.86. The number of carbonyl (C=O) groups excluding carboxylic acids is 1. The summed E-state index contributed by atoms with van der Waals surface area (Å²) in [5, 5.41) is 3.07. The first-order valence-corrected chi connectivity index (χ1v) is 5.35. The number of halogens is 1. The highest BCUT2D eigenvalue weighted by Gasteiger charge is 2.13. The number of anilines is 1. The van der Waals surface area contributed by atoms with E-state index >= 15 is 0 Å². The summed E-state index contributed by atoms with van der Waals surface area (Å²) in [5.74, 6) is 2.01. The second kappa shape index (κ2) is 5.10. The number of terminal acetylenes is 1. The Morgan fingerprint density at radius 3 is 3.14 bits per heavy atom. The summed E-state index contributed by atoms with van der Waals surface area (Å²) in [6, 6.07) is -0.678. The summed E-state index contributed by atoms with van der Waals surface area (Å²) in [6.45, 7) is 0. The van der Waals surface area contributed by atoms with Gasteiger partial charge in [-0.25, -0.2) is 4.98 Å². The zero-order valence-electron chi connectivity index (χ0n) is 7.16. The van der Waals surface area contributed by atoms with E-state index in [0.717, 1.165) is 3.79 Å². The van der Waals surface area contributed by atoms with Gasteiger partial charge in [0.15, 0.2) is 5.13 Å². The Balaban J connectivity index is 2.53. The lowest BCUT2D eigenvalue weighted by Gasteiger charge is -2.06. The van der Waals surface area contributed by atoms with Gasteiger partial charge >= 0.3 is 0 Å². The van der Waals surface area contributed by atoms with Gasteiger partial charge in [0.2, 0.25) is 5.91 Å². The van der Waals surface area contributed by atoms with Crippen molar-refractivity contribution in [1.82, 2.24) is 4.98 Å². The van der Waals surface area contributed by atoms with E-state index in [1.807, 2.05) is 0 Å². The molecule has 1 aromatic rings. The molecule has 0 aliphatic heterocycles. The van der Waals surface area contributed by atoms with Crippen LogP contribution in [0, 0.1) is 12.3 Å². The third-order valence-electron chi connectivity index (χ3n) is 1.38. The SMILES string of the molecule is C#CCC(N)C(=O)Nc1ncc(Br)s1. The van der Waals surface area contributed by atoms with Crippen LogP contribution in [0.15, 0.2) is 9.98 Å². The average molecular weight is 274 g/mol. The Kier molecular flexibility index (Phi) is 4.07. The van der Waals surface area contributed by atoms with Crippen molar-refractivity contribution in [3.63, 3.8) is 0 Å². The molecule has 0 saturated carbocycles. The van der Waals surface area contributed by atoms with Gasteiger partial charge in [-0.05, 0) is 15.9 Å². The Bertz CT molecular complexity index is 371. The molecule has 4 nitrogen and oxygen atoms in total. The highest BCUT2D eigenvalue weighted by Crippen LogP contribution is 2.23. The van der Waals surface area contributed by atoms with Crippen molar-refractivity contribution in [1.29, 1.82) is 0 Å². The van der Waals surface area contributed by atoms with Crippen LogP contribution in [0.25, 0.3) is 0 Å². The number of hydrogen-bond acceptors (Lipinski definition) is 4. The van der Waals surface area contributed by atoms with Crippen LogP contribution in [0.4, 0.5) is 5.13 Å². The molecule has 0 radical (unpaired) electrons. The largest absolute Gasteiger partial charge is 0.319 e. The number of nitrogens with one attached hydrogen (secondary N) is 1. The van der Waals surface area contributed by atoms with Gasteiger partial charge in [0, 0.05) is 6.42 Å². The van der Waals surface area contributed by atoms with Crippen LogP contribution >= 0.6 is 27.3 Å². The van der Waals surface area contributed by atoms with Crippen molar-refractivity contribution < 1.29 is 4.79 Å². The van der Waals surface area contributed by atoms with Gasteiger partial charge in [-0.15, -0.1) is 12.3 Å². The van der Waals surface area contributed by atoms with Crippen molar-refractivity contribution in [2.24, 2.45) is 5.73 Å². The smallest absolute Gasteiger partial charge is 0.244 e. The highest BCUT2D eigenvalue weighted by molar-refractivity contribution is 9.11. The molecule has 74 valence electrons. The van der Waals surface area contributed by atoms with Crippen molar-refractivity contribution in [3.8, 4) is 12.3 Å². The van der Waals surface area contributed by atoms with Crippen molar-refractivity contribution in [3.05, 3.63) is 9.98 Å². The maximum Gasteiger partial charge on any atom is 0.244 e. The lowest BCUT2D eigenvalue weighted by molar-refractivity contribution is -0.117. The van der Waals surface area contributed by atoms with E-state index in [1.165, 1.54) is 11.3 Å². The summed E-state index contributed by atoms with van der Waals surface area (Å²) < 4.78 is 0.846. The highest BCUT2D eigenvalue weighted by atomic mass is 79.9. The van der Waals surface area contributed by atoms with Gasteiger partial charge in [-0.3, -0.25) is 4.79 Å². The minimum atomic E-state index is -0.678. The van der Waals surface area contributed by atoms with E-state index in [-0.39, 0.29) is 12.3 Å². The monoisotopic (exact) mass is 273 g/mol. The molecule has 0 aliphatic carbocycles. The third-order valence-corrected chi connectivity index (χ3v) is 2.77. The fraction of sp³-hybridized carbons (Fsp3) is 0.250. The lowest BCUT2D eigenvalue weighted by Crippen LogP contribution is -2.35. The molecule has 1 rings (SSSR count). The number of aromatic nitrogens is 1. The van der Waals surface area contributed by atoms with E-state index in [2.05, 4.69) is 32.2 Å². The molecule has 3 N–H and O–H groups in total. The van der Waals surface area contributed by atoms with Gasteiger partial charge in [-0.2, -0.15) is 0 Å². The van der Waals surface area contributed by atoms with Crippen molar-refractivity contribution in [2.45, 2.75) is 12.5 Å². The Morgan fingerprint density at radius 1 is 1.93 bits per heavy atom. The fourth-order valence-corrected chi connectivity index (χ4v) is 1.84. The molecule has 14 heavy (non-hydrogen) atoms. The van der Waals surface area contributed by atoms with Gasteiger partial charge in [0.05, 0.1) is 16.0 Å². The molecule has 1 heterocycles. The second-order valence-electron chi connectivity index (χ2n) is 2.47. The maximum absolute atomic E-state index is 11.3. The molecular weight excluding hydrogens is 266 g/mol. The molecule has 0 saturated heterocycles. The van der Waals surface area contributed by atoms with Crippen molar-refractivity contribution >= 4 is 38.3 Å². The Labute approximate surface area is 94.0 Å². The fourth-order valence-electron chi connectivity index (χ4n) is 0.730. The molecule has 1 amide bonds. The van der Waals surface area contributed by atoms with E-state index < -0.39 is 6.04 Å². The molecule has 1 unspecified atom stereocenters. The summed E-state index contributed by atoms with van der Waals surface area (Å²) >= 11 is 4.55. The predicted octanol–water partition coefficient (Wildman–Crippen LogP) is 1.19. The number of carbonyl (C=O) groups is 1. The minimum absolute atomic E-state index is 0.221. The predicted molar refractivity (Wildman–Crippen MR) is 59.9 cm³/mol. The zero-order valence-corrected chi connectivity index (χ0v) is 9.56. The number of nitrogens with zero attached hydrogens (tertiary/aromatic N) is 1. The molecule has 0 spiro atoms. The quantitative estimate of drug-likeness (QED) is 0.814. The molecule has 0 aromatic carbocycles. The summed E-state index contributed by atoms with van der Waals surface area (Å²) in [4.78, 5) is 15.3. The number of amides is 1. The van der Waals surface area contributed by atoms with Crippen LogP contribution in [0.1, 0.15) is 6.42 Å². The number of rotatable bonds is 3. The first-order valence-electron chi connectivity index (χ1n) is 3.74. The number of thiazole rings is 1. The van der Waals surface area contributed by atoms with Gasteiger partial charge in [-0.1, -0.05) is 11.3 Å². The Morgan fingerprint density at radius 2 is 2.64 bits per heavy atom. The van der Waals surface area contributed by atoms with Gasteiger partial charge in [0.25, 0.3) is 0 Å². The first-order chi connectivity index (χ1) is 6.63. The van der Waals surface area contributed by atoms with Gasteiger partial charge < -0.3 is 11.1 Å². The first kappa shape index (κ1) is 11.2. The molecule has 1 atom stereocenters. The van der Waals surface area contributed by atoms with Gasteiger partial charge in [0.1, 0.15) is 0 Å². The number of hydrogen-bond donors (Lipinski definition) is 2. The molecule has 1 aromatic heterocycles. The normalized spacial score (nSPS) is 11.8. The van der Waals surface area contributed by atoms with Crippen LogP contribution in [0.2, 0.25) is 0 Å². The zero-order chi connectivity index (χ0) is 10.6. The second-order valence-corrected chi connectivity index (χ2v) is 4.88. The van der Waals surface area contributed by atoms with Crippen molar-refractivity contribution in [2.75, 3.05) is 5.32 Å². The average Bonchev–Trinajstić information content (AvgIpc) is 2.51. The molecule has 0 fully saturated rings. The molecule has 6 heteroatoms. The van der Waals surface area contributed by atoms with E-state index in [9.17, 15) is 4.79 Å². The summed E-state index contributed by atoms with van der Waals surface area (Å²) in [5.41, 5.74) is 5.49. The lowest BCUT2D eigenvalue weighted by atomic mass is 10.2. The van der Waals surface area contributed by atoms with E-state index in [1.54, 1.807) is 6.20 Å². The standard InChI is InChI=1S/C8H8BrN3OS/c1-2-3-5(10)7(13)12-8-11-4-6(9)14-8/h1,4-5H,3,10H2,(H,11,12,13). The maximum atomic E-state index is 11.3. The Hall–Kier alpha value is -0.900. The minimum Gasteiger partial charge on any atom is -0.319 e. The van der Waals surface area contributed by atoms with E-state index in [0.29, 0.717) is 5.13 Å². The molecule has 0 aliphatic rings. The topological polar surface area (TPSA) is 68.0 Å². The summed E-state index contributed by atoms with van der Waals surface area (Å²) in [7, 11) is 0. The number of nitrogens with two attached hydrogens (primary N) is 1. The van der Waals surface area contributed by atoms with Crippen LogP contribution in [0.3, 0.4) is 0 Å². The molecule has 0 bridgehead atoms. The van der Waals surface area contributed by atoms with Crippen LogP contribution in [-0.4, -0.2) is 16.9 Å². The van der Waals surface area contributed by atoms with Crippen LogP contribution < -0.4 is 11.1 Å². The van der Waals surface area contributed by atoms with Crippen LogP contribution in [-0.2, 0) is 4.79 Å². The van der Waals surface area contributed by atoms with E-state index in [4.69, 9.17) is 12.2 Å². The third kappa shape index (κ3) is 3.10.